The van der Waals surface area contributed by atoms with Crippen LogP contribution in [0.25, 0.3) is 0 Å². The van der Waals surface area contributed by atoms with Crippen molar-refractivity contribution in [3.8, 4) is 0 Å². The third-order valence-electron chi connectivity index (χ3n) is 3.51. The van der Waals surface area contributed by atoms with Crippen molar-refractivity contribution in [2.45, 2.75) is 6.04 Å². The molecule has 1 aliphatic rings. The molecule has 1 aromatic rings. The predicted molar refractivity (Wildman–Crippen MR) is 76.1 cm³/mol. The fraction of sp³-hybridized carbons (Fsp3) is 0.583. The van der Waals surface area contributed by atoms with E-state index in [9.17, 15) is 4.79 Å². The Labute approximate surface area is 118 Å². The van der Waals surface area contributed by atoms with Crippen LogP contribution in [0.15, 0.2) is 12.4 Å². The largest absolute Gasteiger partial charge is 0.349 e. The molecule has 1 fully saturated rings. The summed E-state index contributed by atoms with van der Waals surface area (Å²) >= 11 is 0. The highest BCUT2D eigenvalue weighted by Crippen LogP contribution is 2.05. The third kappa shape index (κ3) is 3.62. The van der Waals surface area contributed by atoms with Gasteiger partial charge in [0.15, 0.2) is 5.82 Å². The molecule has 0 radical (unpaired) electrons. The first-order valence-electron chi connectivity index (χ1n) is 6.56. The van der Waals surface area contributed by atoms with E-state index in [-0.39, 0.29) is 11.6 Å². The average molecular weight is 279 g/mol. The second-order valence-corrected chi connectivity index (χ2v) is 5.04. The van der Waals surface area contributed by atoms with Crippen molar-refractivity contribution in [2.24, 2.45) is 5.84 Å². The summed E-state index contributed by atoms with van der Waals surface area (Å²) < 4.78 is 0. The highest BCUT2D eigenvalue weighted by Gasteiger charge is 2.22. The van der Waals surface area contributed by atoms with E-state index in [0.29, 0.717) is 18.4 Å². The molecule has 1 amide bonds. The van der Waals surface area contributed by atoms with Crippen molar-refractivity contribution >= 4 is 11.7 Å². The van der Waals surface area contributed by atoms with Crippen LogP contribution in [0.2, 0.25) is 0 Å². The molecular weight excluding hydrogens is 258 g/mol. The van der Waals surface area contributed by atoms with Crippen molar-refractivity contribution in [2.75, 3.05) is 45.7 Å². The molecule has 2 rings (SSSR count). The monoisotopic (exact) mass is 279 g/mol. The molecule has 8 heteroatoms. The molecule has 0 spiro atoms. The van der Waals surface area contributed by atoms with E-state index >= 15 is 0 Å². The van der Waals surface area contributed by atoms with Crippen LogP contribution in [-0.4, -0.2) is 72.0 Å². The van der Waals surface area contributed by atoms with Crippen molar-refractivity contribution < 1.29 is 4.79 Å². The lowest BCUT2D eigenvalue weighted by Crippen LogP contribution is -2.54. The molecule has 1 atom stereocenters. The van der Waals surface area contributed by atoms with E-state index < -0.39 is 0 Å². The Bertz CT molecular complexity index is 450. The van der Waals surface area contributed by atoms with Gasteiger partial charge in [-0.25, -0.2) is 15.8 Å². The minimum Gasteiger partial charge on any atom is -0.349 e. The van der Waals surface area contributed by atoms with E-state index in [1.807, 2.05) is 0 Å². The molecule has 4 N–H and O–H groups in total. The fourth-order valence-corrected chi connectivity index (χ4v) is 2.14. The van der Waals surface area contributed by atoms with E-state index in [0.717, 1.165) is 19.6 Å². The molecule has 1 unspecified atom stereocenters. The number of hydrogen-bond donors (Lipinski definition) is 3. The number of hydrogen-bond acceptors (Lipinski definition) is 7. The Morgan fingerprint density at radius 2 is 2.20 bits per heavy atom. The van der Waals surface area contributed by atoms with E-state index in [2.05, 4.69) is 44.6 Å². The number of carbonyl (C=O) groups is 1. The lowest BCUT2D eigenvalue weighted by atomic mass is 10.2. The van der Waals surface area contributed by atoms with Gasteiger partial charge in [0.25, 0.3) is 5.91 Å². The minimum atomic E-state index is -0.220. The number of carbonyl (C=O) groups excluding carboxylic acids is 1. The van der Waals surface area contributed by atoms with Gasteiger partial charge in [-0.05, 0) is 14.1 Å². The second-order valence-electron chi connectivity index (χ2n) is 5.04. The number of likely N-dealkylation sites (N-methyl/N-ethyl adjacent to an activating group) is 2. The van der Waals surface area contributed by atoms with Gasteiger partial charge in [0.05, 0.1) is 12.4 Å². The first kappa shape index (κ1) is 14.6. The molecule has 20 heavy (non-hydrogen) atoms. The number of amides is 1. The normalized spacial score (nSPS) is 20.6. The first-order valence-corrected chi connectivity index (χ1v) is 6.56. The van der Waals surface area contributed by atoms with Crippen LogP contribution in [0.4, 0.5) is 5.82 Å². The van der Waals surface area contributed by atoms with Crippen LogP contribution in [0.5, 0.6) is 0 Å². The Morgan fingerprint density at radius 1 is 1.40 bits per heavy atom. The van der Waals surface area contributed by atoms with Crippen LogP contribution in [-0.2, 0) is 0 Å². The number of aromatic nitrogens is 2. The molecule has 1 saturated heterocycles. The van der Waals surface area contributed by atoms with Gasteiger partial charge in [0.2, 0.25) is 0 Å². The molecule has 0 aromatic carbocycles. The standard InChI is InChI=1S/C12H21N7O/c1-18-3-4-19(2)9(8-18)5-16-12(20)10-6-15-11(17-13)7-14-10/h6-7,9H,3-5,8,13H2,1-2H3,(H,15,17)(H,16,20). The summed E-state index contributed by atoms with van der Waals surface area (Å²) in [6.45, 7) is 3.60. The van der Waals surface area contributed by atoms with Crippen molar-refractivity contribution in [1.82, 2.24) is 25.1 Å². The van der Waals surface area contributed by atoms with Crippen LogP contribution in [0.1, 0.15) is 10.5 Å². The molecule has 0 saturated carbocycles. The summed E-state index contributed by atoms with van der Waals surface area (Å²) in [5.41, 5.74) is 2.66. The van der Waals surface area contributed by atoms with Gasteiger partial charge in [-0.1, -0.05) is 0 Å². The van der Waals surface area contributed by atoms with Crippen LogP contribution in [0, 0.1) is 0 Å². The van der Waals surface area contributed by atoms with Crippen molar-refractivity contribution in [1.29, 1.82) is 0 Å². The summed E-state index contributed by atoms with van der Waals surface area (Å²) in [4.78, 5) is 24.5. The summed E-state index contributed by atoms with van der Waals surface area (Å²) in [6, 6.07) is 0.315. The molecule has 8 nitrogen and oxygen atoms in total. The zero-order valence-electron chi connectivity index (χ0n) is 11.8. The minimum absolute atomic E-state index is 0.220. The Morgan fingerprint density at radius 3 is 2.85 bits per heavy atom. The van der Waals surface area contributed by atoms with E-state index in [1.165, 1.54) is 12.4 Å². The Balaban J connectivity index is 1.87. The topological polar surface area (TPSA) is 99.4 Å². The van der Waals surface area contributed by atoms with Crippen molar-refractivity contribution in [3.05, 3.63) is 18.1 Å². The number of piperazine rings is 1. The quantitative estimate of drug-likeness (QED) is 0.467. The van der Waals surface area contributed by atoms with Gasteiger partial charge in [-0.15, -0.1) is 0 Å². The molecular formula is C12H21N7O. The highest BCUT2D eigenvalue weighted by molar-refractivity contribution is 5.92. The molecule has 0 bridgehead atoms. The van der Waals surface area contributed by atoms with Gasteiger partial charge < -0.3 is 15.6 Å². The molecule has 110 valence electrons. The fourth-order valence-electron chi connectivity index (χ4n) is 2.14. The van der Waals surface area contributed by atoms with E-state index in [1.54, 1.807) is 0 Å². The Hall–Kier alpha value is -1.77. The van der Waals surface area contributed by atoms with Gasteiger partial charge in [-0.3, -0.25) is 9.69 Å². The lowest BCUT2D eigenvalue weighted by Gasteiger charge is -2.37. The predicted octanol–water partition coefficient (Wildman–Crippen LogP) is -1.26. The van der Waals surface area contributed by atoms with Crippen LogP contribution < -0.4 is 16.6 Å². The smallest absolute Gasteiger partial charge is 0.271 e. The van der Waals surface area contributed by atoms with Gasteiger partial charge in [-0.2, -0.15) is 0 Å². The third-order valence-corrected chi connectivity index (χ3v) is 3.51. The number of nitrogens with one attached hydrogen (secondary N) is 2. The molecule has 2 heterocycles. The van der Waals surface area contributed by atoms with Gasteiger partial charge in [0.1, 0.15) is 5.69 Å². The highest BCUT2D eigenvalue weighted by atomic mass is 16.1. The Kier molecular flexibility index (Phi) is 4.83. The zero-order chi connectivity index (χ0) is 14.5. The number of hydrazine groups is 1. The number of nitrogens with two attached hydrogens (primary N) is 1. The number of anilines is 1. The number of nitrogens with zero attached hydrogens (tertiary/aromatic N) is 4. The number of nitrogen functional groups attached to an aromatic ring is 1. The van der Waals surface area contributed by atoms with Gasteiger partial charge >= 0.3 is 0 Å². The van der Waals surface area contributed by atoms with Crippen molar-refractivity contribution in [3.63, 3.8) is 0 Å². The molecule has 1 aromatic heterocycles. The van der Waals surface area contributed by atoms with Gasteiger partial charge in [0, 0.05) is 32.2 Å². The average Bonchev–Trinajstić information content (AvgIpc) is 2.48. The second kappa shape index (κ2) is 6.60. The molecule has 0 aliphatic carbocycles. The number of rotatable bonds is 4. The SMILES string of the molecule is CN1CCN(C)C(CNC(=O)c2cnc(NN)cn2)C1. The molecule has 1 aliphatic heterocycles. The summed E-state index contributed by atoms with van der Waals surface area (Å²) in [6.07, 6.45) is 2.83. The lowest BCUT2D eigenvalue weighted by molar-refractivity contribution is 0.0876. The summed E-state index contributed by atoms with van der Waals surface area (Å²) in [7, 11) is 4.16. The zero-order valence-corrected chi connectivity index (χ0v) is 11.8. The summed E-state index contributed by atoms with van der Waals surface area (Å²) in [5.74, 6) is 5.40. The summed E-state index contributed by atoms with van der Waals surface area (Å²) in [5, 5.41) is 2.90. The van der Waals surface area contributed by atoms with Crippen LogP contribution >= 0.6 is 0 Å². The maximum Gasteiger partial charge on any atom is 0.271 e. The first-order chi connectivity index (χ1) is 9.60. The maximum absolute atomic E-state index is 12.0. The van der Waals surface area contributed by atoms with E-state index in [4.69, 9.17) is 5.84 Å². The van der Waals surface area contributed by atoms with Crippen LogP contribution in [0.3, 0.4) is 0 Å². The maximum atomic E-state index is 12.0.